The maximum absolute atomic E-state index is 13.1. The van der Waals surface area contributed by atoms with Gasteiger partial charge in [0.15, 0.2) is 0 Å². The van der Waals surface area contributed by atoms with Crippen molar-refractivity contribution in [1.29, 1.82) is 0 Å². The van der Waals surface area contributed by atoms with Crippen LogP contribution in [-0.4, -0.2) is 69.5 Å². The van der Waals surface area contributed by atoms with E-state index in [0.717, 1.165) is 51.6 Å². The fourth-order valence-electron chi connectivity index (χ4n) is 6.76. The van der Waals surface area contributed by atoms with Gasteiger partial charge >= 0.3 is 12.2 Å². The van der Waals surface area contributed by atoms with Gasteiger partial charge in [0, 0.05) is 19.6 Å². The molecular formula is C31H55N3O6. The first-order chi connectivity index (χ1) is 19.1. The number of hydrogen-bond donors (Lipinski definition) is 3. The number of epoxide rings is 1. The van der Waals surface area contributed by atoms with Crippen LogP contribution in [0.2, 0.25) is 0 Å². The summed E-state index contributed by atoms with van der Waals surface area (Å²) in [4.78, 5) is 25.3. The second kappa shape index (κ2) is 14.9. The van der Waals surface area contributed by atoms with Gasteiger partial charge in [-0.25, -0.2) is 9.59 Å². The standard InChI is InChI=1S/C31H55N3O6/c1-21(2)11-12-23-13-15-30(23,5)27-26(37-6)25(14-16-31(27)20-39-31)40-29(36)34-24(22(3)4)19-38-28(35)33-18-10-8-7-9-17-32/h11,22-27H,7-10,12-20,32H2,1-6H3,(H,33,35)(H,34,36)/t23-,24-,25?,26?,27?,30-,31-/m0/s1. The summed E-state index contributed by atoms with van der Waals surface area (Å²) in [5.41, 5.74) is 6.77. The molecule has 0 radical (unpaired) electrons. The molecule has 0 aromatic heterocycles. The molecule has 7 atom stereocenters. The Hall–Kier alpha value is -1.84. The number of hydrogen-bond acceptors (Lipinski definition) is 7. The van der Waals surface area contributed by atoms with Crippen molar-refractivity contribution in [2.75, 3.05) is 33.4 Å². The monoisotopic (exact) mass is 565 g/mol. The highest BCUT2D eigenvalue weighted by atomic mass is 16.6. The molecule has 9 nitrogen and oxygen atoms in total. The second-order valence-electron chi connectivity index (χ2n) is 13.0. The lowest BCUT2D eigenvalue weighted by Crippen LogP contribution is -2.61. The average Bonchev–Trinajstić information content (AvgIpc) is 3.67. The van der Waals surface area contributed by atoms with Gasteiger partial charge in [-0.05, 0) is 82.6 Å². The summed E-state index contributed by atoms with van der Waals surface area (Å²) < 4.78 is 23.7. The molecule has 3 aliphatic rings. The van der Waals surface area contributed by atoms with E-state index >= 15 is 0 Å². The van der Waals surface area contributed by atoms with E-state index in [-0.39, 0.29) is 47.7 Å². The van der Waals surface area contributed by atoms with E-state index in [4.69, 9.17) is 24.7 Å². The molecule has 4 N–H and O–H groups in total. The summed E-state index contributed by atoms with van der Waals surface area (Å²) in [6, 6.07) is -0.362. The number of alkyl carbamates (subject to hydrolysis) is 2. The minimum absolute atomic E-state index is 0.0572. The predicted octanol–water partition coefficient (Wildman–Crippen LogP) is 5.32. The zero-order valence-electron chi connectivity index (χ0n) is 25.8. The molecule has 9 heteroatoms. The summed E-state index contributed by atoms with van der Waals surface area (Å²) in [7, 11) is 1.72. The molecule has 0 aromatic rings. The minimum atomic E-state index is -0.499. The van der Waals surface area contributed by atoms with Gasteiger partial charge in [-0.3, -0.25) is 0 Å². The summed E-state index contributed by atoms with van der Waals surface area (Å²) in [6.45, 7) is 12.7. The highest BCUT2D eigenvalue weighted by Crippen LogP contribution is 2.63. The molecule has 40 heavy (non-hydrogen) atoms. The number of rotatable bonds is 15. The molecule has 2 amide bonds. The van der Waals surface area contributed by atoms with E-state index < -0.39 is 12.2 Å². The quantitative estimate of drug-likeness (QED) is 0.139. The van der Waals surface area contributed by atoms with Gasteiger partial charge in [-0.1, -0.05) is 45.3 Å². The summed E-state index contributed by atoms with van der Waals surface area (Å²) >= 11 is 0. The Balaban J connectivity index is 1.54. The van der Waals surface area contributed by atoms with Crippen LogP contribution in [0.25, 0.3) is 0 Å². The summed E-state index contributed by atoms with van der Waals surface area (Å²) in [6.07, 6.45) is 9.71. The zero-order valence-corrected chi connectivity index (χ0v) is 25.8. The van der Waals surface area contributed by atoms with Gasteiger partial charge in [-0.2, -0.15) is 0 Å². The zero-order chi connectivity index (χ0) is 29.3. The van der Waals surface area contributed by atoms with Gasteiger partial charge in [0.05, 0.1) is 18.2 Å². The molecule has 2 saturated carbocycles. The number of amides is 2. The first-order valence-electron chi connectivity index (χ1n) is 15.4. The van der Waals surface area contributed by atoms with Crippen molar-refractivity contribution < 1.29 is 28.5 Å². The van der Waals surface area contributed by atoms with Crippen LogP contribution in [0.4, 0.5) is 9.59 Å². The van der Waals surface area contributed by atoms with Gasteiger partial charge in [0.1, 0.15) is 18.8 Å². The smallest absolute Gasteiger partial charge is 0.407 e. The van der Waals surface area contributed by atoms with Crippen LogP contribution >= 0.6 is 0 Å². The number of nitrogens with one attached hydrogen (secondary N) is 2. The number of unbranched alkanes of at least 4 members (excludes halogenated alkanes) is 3. The Kier molecular flexibility index (Phi) is 12.1. The number of methoxy groups -OCH3 is 1. The third-order valence-electron chi connectivity index (χ3n) is 9.55. The van der Waals surface area contributed by atoms with E-state index in [1.54, 1.807) is 7.11 Å². The molecule has 1 aliphatic heterocycles. The fraction of sp³-hybridized carbons (Fsp3) is 0.871. The van der Waals surface area contributed by atoms with Crippen molar-refractivity contribution in [2.45, 2.75) is 116 Å². The van der Waals surface area contributed by atoms with Crippen LogP contribution in [0.15, 0.2) is 11.6 Å². The highest BCUT2D eigenvalue weighted by molar-refractivity contribution is 5.69. The highest BCUT2D eigenvalue weighted by Gasteiger charge is 2.67. The Morgan fingerprint density at radius 2 is 1.82 bits per heavy atom. The van der Waals surface area contributed by atoms with Crippen LogP contribution in [0.5, 0.6) is 0 Å². The van der Waals surface area contributed by atoms with Gasteiger partial charge in [0.2, 0.25) is 0 Å². The van der Waals surface area contributed by atoms with Gasteiger partial charge in [0.25, 0.3) is 0 Å². The van der Waals surface area contributed by atoms with Crippen molar-refractivity contribution in [3.8, 4) is 0 Å². The van der Waals surface area contributed by atoms with Crippen molar-refractivity contribution >= 4 is 12.2 Å². The van der Waals surface area contributed by atoms with Crippen LogP contribution in [-0.2, 0) is 18.9 Å². The molecule has 3 unspecified atom stereocenters. The molecule has 1 heterocycles. The molecule has 1 saturated heterocycles. The average molecular weight is 566 g/mol. The first-order valence-corrected chi connectivity index (χ1v) is 15.4. The van der Waals surface area contributed by atoms with Gasteiger partial charge in [-0.15, -0.1) is 0 Å². The SMILES string of the molecule is COC1C(OC(=O)N[C@@H](COC(=O)NCCCCCCN)C(C)C)CC[C@]2(CO2)C1[C@@]1(C)CC[C@@H]1CC=C(C)C. The van der Waals surface area contributed by atoms with E-state index in [1.165, 1.54) is 12.0 Å². The van der Waals surface area contributed by atoms with Crippen LogP contribution in [0, 0.1) is 23.2 Å². The Morgan fingerprint density at radius 3 is 2.40 bits per heavy atom. The Morgan fingerprint density at radius 1 is 1.10 bits per heavy atom. The maximum atomic E-state index is 13.1. The number of nitrogens with two attached hydrogens (primary N) is 1. The number of allylic oxidation sites excluding steroid dienone is 2. The topological polar surface area (TPSA) is 124 Å². The lowest BCUT2D eigenvalue weighted by atomic mass is 9.48. The van der Waals surface area contributed by atoms with Crippen molar-refractivity contribution in [3.05, 3.63) is 11.6 Å². The number of carbonyl (C=O) groups excluding carboxylic acids is 2. The molecule has 1 spiro atoms. The van der Waals surface area contributed by atoms with Crippen LogP contribution in [0.1, 0.15) is 92.4 Å². The lowest BCUT2D eigenvalue weighted by Gasteiger charge is -2.58. The summed E-state index contributed by atoms with van der Waals surface area (Å²) in [5.74, 6) is 0.796. The van der Waals surface area contributed by atoms with Crippen molar-refractivity contribution in [2.24, 2.45) is 28.9 Å². The lowest BCUT2D eigenvalue weighted by molar-refractivity contribution is -0.171. The molecule has 0 aromatic carbocycles. The fourth-order valence-corrected chi connectivity index (χ4v) is 6.76. The molecule has 230 valence electrons. The molecule has 3 fully saturated rings. The van der Waals surface area contributed by atoms with Crippen molar-refractivity contribution in [3.63, 3.8) is 0 Å². The second-order valence-corrected chi connectivity index (χ2v) is 13.0. The molecule has 2 aliphatic carbocycles. The maximum Gasteiger partial charge on any atom is 0.407 e. The van der Waals surface area contributed by atoms with E-state index in [2.05, 4.69) is 37.5 Å². The van der Waals surface area contributed by atoms with Crippen LogP contribution < -0.4 is 16.4 Å². The van der Waals surface area contributed by atoms with Gasteiger partial charge < -0.3 is 35.3 Å². The Bertz CT molecular complexity index is 856. The molecule has 3 rings (SSSR count). The molecular weight excluding hydrogens is 510 g/mol. The summed E-state index contributed by atoms with van der Waals surface area (Å²) in [5, 5.41) is 5.72. The van der Waals surface area contributed by atoms with E-state index in [1.807, 2.05) is 13.8 Å². The third-order valence-corrected chi connectivity index (χ3v) is 9.55. The minimum Gasteiger partial charge on any atom is -0.447 e. The Labute approximate surface area is 241 Å². The van der Waals surface area contributed by atoms with Crippen LogP contribution in [0.3, 0.4) is 0 Å². The van der Waals surface area contributed by atoms with E-state index in [0.29, 0.717) is 25.4 Å². The molecule has 0 bridgehead atoms. The third kappa shape index (κ3) is 8.35. The van der Waals surface area contributed by atoms with E-state index in [9.17, 15) is 9.59 Å². The number of ether oxygens (including phenoxy) is 4. The number of carbonyl (C=O) groups is 2. The largest absolute Gasteiger partial charge is 0.447 e. The predicted molar refractivity (Wildman–Crippen MR) is 156 cm³/mol. The first kappa shape index (κ1) is 32.7. The van der Waals surface area contributed by atoms with Crippen molar-refractivity contribution in [1.82, 2.24) is 10.6 Å². The normalized spacial score (nSPS) is 31.7.